The number of anilines is 2. The number of benzene rings is 3. The van der Waals surface area contributed by atoms with Gasteiger partial charge < -0.3 is 20.7 Å². The molecule has 0 saturated heterocycles. The first-order chi connectivity index (χ1) is 17.4. The molecule has 0 aliphatic rings. The molecule has 0 spiro atoms. The highest BCUT2D eigenvalue weighted by Crippen LogP contribution is 2.28. The number of H-pyrrole nitrogens is 1. The third-order valence-corrected chi connectivity index (χ3v) is 6.73. The number of carbonyl (C=O) groups excluding carboxylic acids is 2. The van der Waals surface area contributed by atoms with Crippen molar-refractivity contribution in [1.82, 2.24) is 4.98 Å². The summed E-state index contributed by atoms with van der Waals surface area (Å²) < 4.78 is 1.12. The number of nitriles is 1. The van der Waals surface area contributed by atoms with Crippen molar-refractivity contribution in [2.24, 2.45) is 0 Å². The Morgan fingerprint density at radius 2 is 1.81 bits per heavy atom. The summed E-state index contributed by atoms with van der Waals surface area (Å²) in [6, 6.07) is 20.8. The predicted octanol–water partition coefficient (Wildman–Crippen LogP) is 5.39. The van der Waals surface area contributed by atoms with Crippen LogP contribution in [0, 0.1) is 11.3 Å². The lowest BCUT2D eigenvalue weighted by Gasteiger charge is -2.08. The molecular weight excluding hydrogens is 476 g/mol. The summed E-state index contributed by atoms with van der Waals surface area (Å²) in [6.45, 7) is 0. The van der Waals surface area contributed by atoms with E-state index in [-0.39, 0.29) is 34.8 Å². The lowest BCUT2D eigenvalue weighted by atomic mass is 10.1. The Balaban J connectivity index is 1.37. The molecule has 0 saturated carbocycles. The van der Waals surface area contributed by atoms with Crippen LogP contribution in [0.1, 0.15) is 32.0 Å². The summed E-state index contributed by atoms with van der Waals surface area (Å²) in [6.07, 6.45) is 0.213. The summed E-state index contributed by atoms with van der Waals surface area (Å²) in [5.41, 5.74) is 2.30. The van der Waals surface area contributed by atoms with Gasteiger partial charge in [0.25, 0.3) is 5.91 Å². The van der Waals surface area contributed by atoms with Crippen molar-refractivity contribution in [2.45, 2.75) is 6.42 Å². The summed E-state index contributed by atoms with van der Waals surface area (Å²) in [5.74, 6) is -2.00. The molecule has 36 heavy (non-hydrogen) atoms. The summed E-state index contributed by atoms with van der Waals surface area (Å²) >= 11 is 1.59. The van der Waals surface area contributed by atoms with Crippen molar-refractivity contribution in [2.75, 3.05) is 10.6 Å². The molecular formula is C27H18N4O4S. The van der Waals surface area contributed by atoms with Crippen LogP contribution in [0.3, 0.4) is 0 Å². The first-order valence-corrected chi connectivity index (χ1v) is 11.8. The number of hydrogen-bond acceptors (Lipinski definition) is 5. The summed E-state index contributed by atoms with van der Waals surface area (Å²) in [5, 5.41) is 27.7. The highest BCUT2D eigenvalue weighted by Gasteiger charge is 2.17. The number of nitrogens with zero attached hydrogens (tertiary/aromatic N) is 1. The molecule has 8 nitrogen and oxygen atoms in total. The van der Waals surface area contributed by atoms with E-state index in [4.69, 9.17) is 5.26 Å². The van der Waals surface area contributed by atoms with Gasteiger partial charge in [-0.15, -0.1) is 11.3 Å². The van der Waals surface area contributed by atoms with Crippen LogP contribution in [0.15, 0.2) is 72.1 Å². The lowest BCUT2D eigenvalue weighted by Crippen LogP contribution is -2.15. The Labute approximate surface area is 208 Å². The van der Waals surface area contributed by atoms with E-state index < -0.39 is 11.9 Å². The van der Waals surface area contributed by atoms with Gasteiger partial charge in [-0.05, 0) is 52.7 Å². The van der Waals surface area contributed by atoms with Gasteiger partial charge in [0.05, 0.1) is 40.5 Å². The number of rotatable bonds is 6. The van der Waals surface area contributed by atoms with Crippen molar-refractivity contribution in [1.29, 1.82) is 5.26 Å². The molecule has 4 N–H and O–H groups in total. The van der Waals surface area contributed by atoms with Crippen LogP contribution in [0.4, 0.5) is 11.4 Å². The van der Waals surface area contributed by atoms with Crippen molar-refractivity contribution in [3.05, 3.63) is 94.5 Å². The fourth-order valence-electron chi connectivity index (χ4n) is 4.01. The van der Waals surface area contributed by atoms with Gasteiger partial charge in [0, 0.05) is 10.1 Å². The maximum Gasteiger partial charge on any atom is 0.337 e. The minimum Gasteiger partial charge on any atom is -0.478 e. The van der Waals surface area contributed by atoms with Crippen molar-refractivity contribution >= 4 is 61.5 Å². The van der Waals surface area contributed by atoms with Crippen LogP contribution in [0.2, 0.25) is 0 Å². The molecule has 0 aliphatic carbocycles. The van der Waals surface area contributed by atoms with Crippen LogP contribution >= 0.6 is 11.3 Å². The van der Waals surface area contributed by atoms with Crippen LogP contribution in [0.5, 0.6) is 0 Å². The van der Waals surface area contributed by atoms with Crippen molar-refractivity contribution in [3.8, 4) is 6.07 Å². The molecule has 0 unspecified atom stereocenters. The lowest BCUT2D eigenvalue weighted by molar-refractivity contribution is -0.115. The van der Waals surface area contributed by atoms with Gasteiger partial charge in [-0.3, -0.25) is 9.59 Å². The number of carbonyl (C=O) groups is 3. The van der Waals surface area contributed by atoms with Crippen LogP contribution in [0.25, 0.3) is 21.0 Å². The molecule has 0 fully saturated rings. The Morgan fingerprint density at radius 3 is 2.61 bits per heavy atom. The number of carboxylic acid groups (broad SMARTS) is 1. The van der Waals surface area contributed by atoms with Crippen molar-refractivity contribution < 1.29 is 19.5 Å². The average molecular weight is 495 g/mol. The van der Waals surface area contributed by atoms with Crippen LogP contribution < -0.4 is 10.6 Å². The third-order valence-electron chi connectivity index (χ3n) is 5.71. The first kappa shape index (κ1) is 22.8. The number of aromatic carboxylic acids is 1. The van der Waals surface area contributed by atoms with E-state index in [1.165, 1.54) is 18.2 Å². The third kappa shape index (κ3) is 4.41. The van der Waals surface area contributed by atoms with Gasteiger partial charge in [0.1, 0.15) is 5.69 Å². The Kier molecular flexibility index (Phi) is 5.94. The van der Waals surface area contributed by atoms with Gasteiger partial charge in [0.2, 0.25) is 5.91 Å². The fraction of sp³-hybridized carbons (Fsp3) is 0.0370. The van der Waals surface area contributed by atoms with E-state index in [1.807, 2.05) is 35.7 Å². The number of hydrogen-bond donors (Lipinski definition) is 4. The zero-order valence-corrected chi connectivity index (χ0v) is 19.5. The van der Waals surface area contributed by atoms with E-state index in [2.05, 4.69) is 15.6 Å². The standard InChI is InChI=1S/C27H18N4O4S/c28-13-15-8-9-20(19(10-15)27(34)35)31-26(33)22-11-16-4-3-6-21(25(16)30-22)29-24(32)12-17-14-36-23-7-2-1-5-18(17)23/h1-11,14,30H,12H2,(H,29,32)(H,31,33)(H,34,35). The molecule has 176 valence electrons. The first-order valence-electron chi connectivity index (χ1n) is 10.9. The fourth-order valence-corrected chi connectivity index (χ4v) is 4.97. The highest BCUT2D eigenvalue weighted by molar-refractivity contribution is 7.17. The molecule has 5 rings (SSSR count). The molecule has 2 amide bonds. The maximum absolute atomic E-state index is 12.9. The van der Waals surface area contributed by atoms with E-state index in [0.717, 1.165) is 15.6 Å². The Morgan fingerprint density at radius 1 is 0.972 bits per heavy atom. The minimum absolute atomic E-state index is 0.0710. The second kappa shape index (κ2) is 9.37. The van der Waals surface area contributed by atoms with E-state index in [0.29, 0.717) is 16.6 Å². The zero-order valence-electron chi connectivity index (χ0n) is 18.7. The van der Waals surface area contributed by atoms with Gasteiger partial charge in [-0.2, -0.15) is 5.26 Å². The summed E-state index contributed by atoms with van der Waals surface area (Å²) in [7, 11) is 0. The second-order valence-corrected chi connectivity index (χ2v) is 8.98. The molecule has 2 aromatic heterocycles. The topological polar surface area (TPSA) is 135 Å². The number of aromatic nitrogens is 1. The second-order valence-electron chi connectivity index (χ2n) is 8.07. The normalized spacial score (nSPS) is 10.8. The van der Waals surface area contributed by atoms with Gasteiger partial charge in [0.15, 0.2) is 0 Å². The number of carboxylic acids is 1. The number of nitrogens with one attached hydrogen (secondary N) is 3. The highest BCUT2D eigenvalue weighted by atomic mass is 32.1. The predicted molar refractivity (Wildman–Crippen MR) is 139 cm³/mol. The molecule has 0 atom stereocenters. The number of amides is 2. The van der Waals surface area contributed by atoms with Gasteiger partial charge in [-0.1, -0.05) is 30.3 Å². The molecule has 0 radical (unpaired) electrons. The largest absolute Gasteiger partial charge is 0.478 e. The van der Waals surface area contributed by atoms with E-state index in [9.17, 15) is 19.5 Å². The Bertz CT molecular complexity index is 1710. The molecule has 0 aliphatic heterocycles. The number of fused-ring (bicyclic) bond motifs is 2. The molecule has 3 aromatic carbocycles. The zero-order chi connectivity index (χ0) is 25.2. The van der Waals surface area contributed by atoms with E-state index in [1.54, 1.807) is 35.6 Å². The van der Waals surface area contributed by atoms with E-state index >= 15 is 0 Å². The Hall–Kier alpha value is -4.94. The summed E-state index contributed by atoms with van der Waals surface area (Å²) in [4.78, 5) is 40.3. The minimum atomic E-state index is -1.26. The quantitative estimate of drug-likeness (QED) is 0.251. The molecule has 9 heteroatoms. The van der Waals surface area contributed by atoms with Crippen LogP contribution in [-0.2, 0) is 11.2 Å². The number of aromatic amines is 1. The molecule has 2 heterocycles. The van der Waals surface area contributed by atoms with Crippen LogP contribution in [-0.4, -0.2) is 27.9 Å². The molecule has 0 bridgehead atoms. The molecule has 5 aromatic rings. The van der Waals surface area contributed by atoms with Crippen molar-refractivity contribution in [3.63, 3.8) is 0 Å². The monoisotopic (exact) mass is 494 g/mol. The van der Waals surface area contributed by atoms with Gasteiger partial charge in [-0.25, -0.2) is 4.79 Å². The average Bonchev–Trinajstić information content (AvgIpc) is 3.49. The number of thiophene rings is 1. The SMILES string of the molecule is N#Cc1ccc(NC(=O)c2cc3cccc(NC(=O)Cc4csc5ccccc45)c3[nH]2)c(C(=O)O)c1. The smallest absolute Gasteiger partial charge is 0.337 e. The maximum atomic E-state index is 12.9. The number of para-hydroxylation sites is 1. The van der Waals surface area contributed by atoms with Gasteiger partial charge >= 0.3 is 5.97 Å².